The first-order chi connectivity index (χ1) is 11.2. The number of hydrogen-bond acceptors (Lipinski definition) is 7. The molecule has 0 radical (unpaired) electrons. The molecular weight excluding hydrogens is 296 g/mol. The molecule has 2 aromatic rings. The van der Waals surface area contributed by atoms with E-state index in [2.05, 4.69) is 20.3 Å². The minimum atomic E-state index is -0.492. The SMILES string of the molecule is Nc1nc(NCC2CC2)c2ncn([C@H]3C[C@H](CO)[C@H](O)C3)c2n1. The van der Waals surface area contributed by atoms with E-state index in [1.807, 2.05) is 4.57 Å². The van der Waals surface area contributed by atoms with Gasteiger partial charge >= 0.3 is 0 Å². The molecule has 2 aliphatic carbocycles. The molecule has 0 unspecified atom stereocenters. The molecule has 8 heteroatoms. The summed E-state index contributed by atoms with van der Waals surface area (Å²) in [6.45, 7) is 0.878. The number of nitrogens with zero attached hydrogens (tertiary/aromatic N) is 4. The molecule has 2 aromatic heterocycles. The number of imidazole rings is 1. The quantitative estimate of drug-likeness (QED) is 0.634. The van der Waals surface area contributed by atoms with Gasteiger partial charge in [0, 0.05) is 25.1 Å². The Hall–Kier alpha value is -1.93. The lowest BCUT2D eigenvalue weighted by molar-refractivity contribution is 0.0906. The van der Waals surface area contributed by atoms with Crippen LogP contribution < -0.4 is 11.1 Å². The maximum absolute atomic E-state index is 10.0. The Morgan fingerprint density at radius 3 is 2.83 bits per heavy atom. The molecule has 0 aliphatic heterocycles. The summed E-state index contributed by atoms with van der Waals surface area (Å²) in [7, 11) is 0. The molecule has 0 aromatic carbocycles. The van der Waals surface area contributed by atoms with Gasteiger partial charge in [-0.1, -0.05) is 0 Å². The Morgan fingerprint density at radius 1 is 1.30 bits per heavy atom. The summed E-state index contributed by atoms with van der Waals surface area (Å²) < 4.78 is 1.95. The molecule has 23 heavy (non-hydrogen) atoms. The third-order valence-electron chi connectivity index (χ3n) is 4.95. The Bertz CT molecular complexity index is 713. The molecule has 124 valence electrons. The summed E-state index contributed by atoms with van der Waals surface area (Å²) >= 11 is 0. The molecule has 8 nitrogen and oxygen atoms in total. The van der Waals surface area contributed by atoms with Gasteiger partial charge in [-0.05, 0) is 31.6 Å². The van der Waals surface area contributed by atoms with Crippen LogP contribution in [-0.4, -0.2) is 49.0 Å². The van der Waals surface area contributed by atoms with Crippen molar-refractivity contribution < 1.29 is 10.2 Å². The van der Waals surface area contributed by atoms with Crippen molar-refractivity contribution in [3.63, 3.8) is 0 Å². The van der Waals surface area contributed by atoms with Crippen LogP contribution in [0.5, 0.6) is 0 Å². The van der Waals surface area contributed by atoms with E-state index >= 15 is 0 Å². The zero-order valence-corrected chi connectivity index (χ0v) is 12.9. The number of aliphatic hydroxyl groups is 2. The van der Waals surface area contributed by atoms with Gasteiger partial charge in [0.15, 0.2) is 17.0 Å². The van der Waals surface area contributed by atoms with Gasteiger partial charge < -0.3 is 25.8 Å². The molecule has 0 bridgehead atoms. The van der Waals surface area contributed by atoms with Crippen LogP contribution in [0, 0.1) is 11.8 Å². The summed E-state index contributed by atoms with van der Waals surface area (Å²) in [4.78, 5) is 13.1. The predicted octanol–water partition coefficient (Wildman–Crippen LogP) is 0.535. The lowest BCUT2D eigenvalue weighted by Crippen LogP contribution is -2.16. The Morgan fingerprint density at radius 2 is 2.13 bits per heavy atom. The number of nitrogens with one attached hydrogen (secondary N) is 1. The molecule has 0 saturated heterocycles. The van der Waals surface area contributed by atoms with Gasteiger partial charge in [0.2, 0.25) is 5.95 Å². The first-order valence-corrected chi connectivity index (χ1v) is 8.18. The zero-order valence-electron chi connectivity index (χ0n) is 12.9. The lowest BCUT2D eigenvalue weighted by atomic mass is 10.1. The number of rotatable bonds is 5. The fraction of sp³-hybridized carbons (Fsp3) is 0.667. The van der Waals surface area contributed by atoms with Crippen LogP contribution in [0.3, 0.4) is 0 Å². The highest BCUT2D eigenvalue weighted by molar-refractivity contribution is 5.84. The van der Waals surface area contributed by atoms with Crippen LogP contribution in [0.25, 0.3) is 11.2 Å². The molecule has 0 spiro atoms. The summed E-state index contributed by atoms with van der Waals surface area (Å²) in [5, 5.41) is 22.7. The average Bonchev–Trinajstić information content (AvgIpc) is 3.15. The molecule has 3 atom stereocenters. The number of hydrogen-bond donors (Lipinski definition) is 4. The Labute approximate surface area is 133 Å². The normalized spacial score (nSPS) is 27.7. The van der Waals surface area contributed by atoms with E-state index in [4.69, 9.17) is 5.73 Å². The highest BCUT2D eigenvalue weighted by atomic mass is 16.3. The topological polar surface area (TPSA) is 122 Å². The van der Waals surface area contributed by atoms with Gasteiger partial charge in [-0.3, -0.25) is 0 Å². The molecule has 5 N–H and O–H groups in total. The van der Waals surface area contributed by atoms with Crippen molar-refractivity contribution >= 4 is 22.9 Å². The van der Waals surface area contributed by atoms with Crippen LogP contribution >= 0.6 is 0 Å². The third kappa shape index (κ3) is 2.72. The molecule has 2 aliphatic rings. The number of aliphatic hydroxyl groups excluding tert-OH is 2. The number of nitrogens with two attached hydrogens (primary N) is 1. The molecule has 0 amide bonds. The molecule has 4 rings (SSSR count). The van der Waals surface area contributed by atoms with Crippen LogP contribution in [-0.2, 0) is 0 Å². The van der Waals surface area contributed by atoms with E-state index in [-0.39, 0.29) is 24.5 Å². The summed E-state index contributed by atoms with van der Waals surface area (Å²) in [6, 6.07) is 0.0673. The van der Waals surface area contributed by atoms with Crippen molar-refractivity contribution in [2.24, 2.45) is 11.8 Å². The van der Waals surface area contributed by atoms with Gasteiger partial charge in [-0.25, -0.2) is 4.98 Å². The second-order valence-electron chi connectivity index (χ2n) is 6.71. The van der Waals surface area contributed by atoms with Crippen molar-refractivity contribution in [1.29, 1.82) is 0 Å². The smallest absolute Gasteiger partial charge is 0.224 e. The van der Waals surface area contributed by atoms with Crippen molar-refractivity contribution in [1.82, 2.24) is 19.5 Å². The van der Waals surface area contributed by atoms with Crippen LogP contribution in [0.15, 0.2) is 6.33 Å². The second-order valence-corrected chi connectivity index (χ2v) is 6.71. The molecule has 2 fully saturated rings. The molecule has 2 saturated carbocycles. The van der Waals surface area contributed by atoms with Gasteiger partial charge in [0.05, 0.1) is 12.4 Å². The highest BCUT2D eigenvalue weighted by Gasteiger charge is 2.34. The van der Waals surface area contributed by atoms with E-state index in [0.717, 1.165) is 12.5 Å². The number of nitrogen functional groups attached to an aromatic ring is 1. The fourth-order valence-electron chi connectivity index (χ4n) is 3.38. The van der Waals surface area contributed by atoms with E-state index < -0.39 is 6.10 Å². The van der Waals surface area contributed by atoms with E-state index in [1.165, 1.54) is 12.8 Å². The number of fused-ring (bicyclic) bond motifs is 1. The minimum Gasteiger partial charge on any atom is -0.396 e. The van der Waals surface area contributed by atoms with Crippen molar-refractivity contribution in [2.75, 3.05) is 24.2 Å². The maximum Gasteiger partial charge on any atom is 0.224 e. The van der Waals surface area contributed by atoms with E-state index in [0.29, 0.717) is 29.8 Å². The van der Waals surface area contributed by atoms with E-state index in [1.54, 1.807) is 6.33 Å². The zero-order chi connectivity index (χ0) is 16.0. The van der Waals surface area contributed by atoms with Crippen LogP contribution in [0.2, 0.25) is 0 Å². The first kappa shape index (κ1) is 14.6. The van der Waals surface area contributed by atoms with Gasteiger partial charge in [0.1, 0.15) is 0 Å². The molecular formula is C15H22N6O2. The Balaban J connectivity index is 1.65. The summed E-state index contributed by atoms with van der Waals surface area (Å²) in [5.41, 5.74) is 7.26. The van der Waals surface area contributed by atoms with Crippen molar-refractivity contribution in [3.05, 3.63) is 6.33 Å². The molecule has 2 heterocycles. The van der Waals surface area contributed by atoms with E-state index in [9.17, 15) is 10.2 Å². The van der Waals surface area contributed by atoms with Gasteiger partial charge in [0.25, 0.3) is 0 Å². The number of aromatic nitrogens is 4. The minimum absolute atomic E-state index is 0.00435. The fourth-order valence-corrected chi connectivity index (χ4v) is 3.38. The van der Waals surface area contributed by atoms with Crippen LogP contribution in [0.1, 0.15) is 31.7 Å². The second kappa shape index (κ2) is 5.61. The lowest BCUT2D eigenvalue weighted by Gasteiger charge is -2.13. The largest absolute Gasteiger partial charge is 0.396 e. The maximum atomic E-state index is 10.0. The summed E-state index contributed by atoms with van der Waals surface area (Å²) in [5.74, 6) is 1.52. The van der Waals surface area contributed by atoms with Crippen molar-refractivity contribution in [2.45, 2.75) is 37.8 Å². The van der Waals surface area contributed by atoms with Crippen molar-refractivity contribution in [3.8, 4) is 0 Å². The monoisotopic (exact) mass is 318 g/mol. The Kier molecular flexibility index (Phi) is 3.57. The third-order valence-corrected chi connectivity index (χ3v) is 4.95. The van der Waals surface area contributed by atoms with Gasteiger partial charge in [-0.2, -0.15) is 9.97 Å². The standard InChI is InChI=1S/C15H22N6O2/c16-15-19-13(17-5-8-1-2-8)12-14(20-15)21(7-18-12)10-3-9(6-22)11(23)4-10/h7-11,22-23H,1-6H2,(H3,16,17,19,20)/t9-,10+,11-/m1/s1. The highest BCUT2D eigenvalue weighted by Crippen LogP contribution is 2.37. The average molecular weight is 318 g/mol. The predicted molar refractivity (Wildman–Crippen MR) is 85.8 cm³/mol. The first-order valence-electron chi connectivity index (χ1n) is 8.18. The van der Waals surface area contributed by atoms with Crippen LogP contribution in [0.4, 0.5) is 11.8 Å². The summed E-state index contributed by atoms with van der Waals surface area (Å²) in [6.07, 6.45) is 5.05. The van der Waals surface area contributed by atoms with Gasteiger partial charge in [-0.15, -0.1) is 0 Å². The number of anilines is 2.